The van der Waals surface area contributed by atoms with Crippen LogP contribution in [0.3, 0.4) is 0 Å². The molecule has 1 saturated heterocycles. The lowest BCUT2D eigenvalue weighted by Gasteiger charge is -2.33. The lowest BCUT2D eigenvalue weighted by Crippen LogP contribution is -2.45. The van der Waals surface area contributed by atoms with Gasteiger partial charge >= 0.3 is 6.09 Å². The Hall–Kier alpha value is -0.810. The molecule has 0 aromatic heterocycles. The van der Waals surface area contributed by atoms with Crippen LogP contribution in [0.25, 0.3) is 0 Å². The summed E-state index contributed by atoms with van der Waals surface area (Å²) in [6, 6.07) is 1.02. The lowest BCUT2D eigenvalue weighted by atomic mass is 9.92. The summed E-state index contributed by atoms with van der Waals surface area (Å²) in [6.45, 7) is 8.72. The number of likely N-dealkylation sites (tertiary alicyclic amines) is 1. The smallest absolute Gasteiger partial charge is 0.410 e. The Bertz CT molecular complexity index is 394. The molecular formula is C18H34N2O3. The Labute approximate surface area is 140 Å². The molecule has 23 heavy (non-hydrogen) atoms. The Morgan fingerprint density at radius 3 is 2.70 bits per heavy atom. The maximum Gasteiger partial charge on any atom is 0.410 e. The first-order valence-corrected chi connectivity index (χ1v) is 9.18. The van der Waals surface area contributed by atoms with Crippen LogP contribution in [-0.2, 0) is 4.74 Å². The Morgan fingerprint density at radius 1 is 1.30 bits per heavy atom. The largest absolute Gasteiger partial charge is 0.444 e. The van der Waals surface area contributed by atoms with Crippen molar-refractivity contribution >= 4 is 6.09 Å². The van der Waals surface area contributed by atoms with E-state index in [1.54, 1.807) is 0 Å². The van der Waals surface area contributed by atoms with Crippen molar-refractivity contribution in [2.75, 3.05) is 6.54 Å². The summed E-state index contributed by atoms with van der Waals surface area (Å²) >= 11 is 0. The standard InChI is InChI=1S/C18H34N2O3/c1-13(19-14-7-5-9-16(21)12-14)11-15-8-6-10-20(15)17(22)23-18(2,3)4/h13-16,19,21H,5-12H2,1-4H3. The third-order valence-electron chi connectivity index (χ3n) is 4.80. The quantitative estimate of drug-likeness (QED) is 0.833. The van der Waals surface area contributed by atoms with Crippen LogP contribution in [0.5, 0.6) is 0 Å². The van der Waals surface area contributed by atoms with Gasteiger partial charge in [0, 0.05) is 24.7 Å². The molecule has 2 aliphatic rings. The van der Waals surface area contributed by atoms with Gasteiger partial charge in [0.15, 0.2) is 0 Å². The fraction of sp³-hybridized carbons (Fsp3) is 0.944. The van der Waals surface area contributed by atoms with Crippen molar-refractivity contribution in [3.05, 3.63) is 0 Å². The number of nitrogens with zero attached hydrogens (tertiary/aromatic N) is 1. The molecule has 4 atom stereocenters. The summed E-state index contributed by atoms with van der Waals surface area (Å²) in [5.41, 5.74) is -0.438. The van der Waals surface area contributed by atoms with Gasteiger partial charge < -0.3 is 20.1 Å². The number of carbonyl (C=O) groups excluding carboxylic acids is 1. The van der Waals surface area contributed by atoms with Gasteiger partial charge in [-0.1, -0.05) is 0 Å². The van der Waals surface area contributed by atoms with Gasteiger partial charge in [0.2, 0.25) is 0 Å². The van der Waals surface area contributed by atoms with E-state index in [4.69, 9.17) is 4.74 Å². The van der Waals surface area contributed by atoms with Crippen LogP contribution in [0.1, 0.15) is 72.6 Å². The predicted octanol–water partition coefficient (Wildman–Crippen LogP) is 3.06. The molecule has 2 fully saturated rings. The topological polar surface area (TPSA) is 61.8 Å². The van der Waals surface area contributed by atoms with Gasteiger partial charge in [0.25, 0.3) is 0 Å². The van der Waals surface area contributed by atoms with Gasteiger partial charge in [-0.25, -0.2) is 4.79 Å². The highest BCUT2D eigenvalue weighted by Crippen LogP contribution is 2.25. The molecule has 134 valence electrons. The Kier molecular flexibility index (Phi) is 6.32. The molecule has 1 amide bonds. The fourth-order valence-electron chi connectivity index (χ4n) is 3.84. The number of aliphatic hydroxyl groups excluding tert-OH is 1. The first kappa shape index (κ1) is 18.5. The maximum absolute atomic E-state index is 12.3. The number of hydrogen-bond acceptors (Lipinski definition) is 4. The van der Waals surface area contributed by atoms with E-state index in [9.17, 15) is 9.90 Å². The van der Waals surface area contributed by atoms with E-state index in [0.29, 0.717) is 12.1 Å². The number of nitrogens with one attached hydrogen (secondary N) is 1. The first-order chi connectivity index (χ1) is 10.7. The van der Waals surface area contributed by atoms with Crippen LogP contribution in [-0.4, -0.2) is 52.5 Å². The van der Waals surface area contributed by atoms with Crippen LogP contribution in [0, 0.1) is 0 Å². The van der Waals surface area contributed by atoms with E-state index in [-0.39, 0.29) is 18.2 Å². The number of hydrogen-bond donors (Lipinski definition) is 2. The molecule has 4 unspecified atom stereocenters. The van der Waals surface area contributed by atoms with Crippen LogP contribution in [0.15, 0.2) is 0 Å². The van der Waals surface area contributed by atoms with Crippen LogP contribution in [0.4, 0.5) is 4.79 Å². The third-order valence-corrected chi connectivity index (χ3v) is 4.80. The SMILES string of the molecule is CC(CC1CCCN1C(=O)OC(C)(C)C)NC1CCCC(O)C1. The van der Waals surface area contributed by atoms with Gasteiger partial charge in [0.05, 0.1) is 6.10 Å². The average Bonchev–Trinajstić information content (AvgIpc) is 2.84. The third kappa shape index (κ3) is 5.96. The van der Waals surface area contributed by atoms with Crippen LogP contribution < -0.4 is 5.32 Å². The molecular weight excluding hydrogens is 292 g/mol. The molecule has 5 nitrogen and oxygen atoms in total. The predicted molar refractivity (Wildman–Crippen MR) is 91.4 cm³/mol. The minimum Gasteiger partial charge on any atom is -0.444 e. The van der Waals surface area contributed by atoms with Crippen molar-refractivity contribution in [2.24, 2.45) is 0 Å². The van der Waals surface area contributed by atoms with E-state index in [2.05, 4.69) is 12.2 Å². The van der Waals surface area contributed by atoms with Crippen molar-refractivity contribution in [2.45, 2.75) is 102 Å². The second-order valence-corrected chi connectivity index (χ2v) is 8.29. The number of aliphatic hydroxyl groups is 1. The normalized spacial score (nSPS) is 30.3. The van der Waals surface area contributed by atoms with Crippen LogP contribution >= 0.6 is 0 Å². The summed E-state index contributed by atoms with van der Waals surface area (Å²) in [6.07, 6.45) is 6.75. The van der Waals surface area contributed by atoms with Crippen molar-refractivity contribution in [1.29, 1.82) is 0 Å². The van der Waals surface area contributed by atoms with Gasteiger partial charge in [-0.05, 0) is 72.6 Å². The summed E-state index contributed by atoms with van der Waals surface area (Å²) in [4.78, 5) is 14.2. The van der Waals surface area contributed by atoms with E-state index in [0.717, 1.165) is 51.5 Å². The van der Waals surface area contributed by atoms with E-state index < -0.39 is 5.60 Å². The zero-order valence-corrected chi connectivity index (χ0v) is 15.2. The number of carbonyl (C=O) groups is 1. The molecule has 1 aliphatic heterocycles. The van der Waals surface area contributed by atoms with Gasteiger partial charge in [-0.2, -0.15) is 0 Å². The van der Waals surface area contributed by atoms with Crippen molar-refractivity contribution in [1.82, 2.24) is 10.2 Å². The van der Waals surface area contributed by atoms with Crippen molar-refractivity contribution < 1.29 is 14.6 Å². The van der Waals surface area contributed by atoms with Gasteiger partial charge in [0.1, 0.15) is 5.60 Å². The van der Waals surface area contributed by atoms with E-state index in [1.807, 2.05) is 25.7 Å². The minimum absolute atomic E-state index is 0.154. The van der Waals surface area contributed by atoms with Gasteiger partial charge in [-0.15, -0.1) is 0 Å². The first-order valence-electron chi connectivity index (χ1n) is 9.18. The summed E-state index contributed by atoms with van der Waals surface area (Å²) in [7, 11) is 0. The molecule has 0 radical (unpaired) electrons. The van der Waals surface area contributed by atoms with E-state index >= 15 is 0 Å². The number of ether oxygens (including phenoxy) is 1. The highest BCUT2D eigenvalue weighted by Gasteiger charge is 2.33. The molecule has 0 aromatic carbocycles. The monoisotopic (exact) mass is 326 g/mol. The number of rotatable bonds is 4. The Balaban J connectivity index is 1.81. The maximum atomic E-state index is 12.3. The molecule has 0 aromatic rings. The second-order valence-electron chi connectivity index (χ2n) is 8.29. The lowest BCUT2D eigenvalue weighted by molar-refractivity contribution is 0.0212. The average molecular weight is 326 g/mol. The van der Waals surface area contributed by atoms with E-state index in [1.165, 1.54) is 0 Å². The number of amides is 1. The molecule has 1 saturated carbocycles. The molecule has 1 heterocycles. The summed E-state index contributed by atoms with van der Waals surface area (Å²) < 4.78 is 5.53. The summed E-state index contributed by atoms with van der Waals surface area (Å²) in [5.74, 6) is 0. The zero-order valence-electron chi connectivity index (χ0n) is 15.2. The summed E-state index contributed by atoms with van der Waals surface area (Å²) in [5, 5.41) is 13.4. The molecule has 0 spiro atoms. The molecule has 5 heteroatoms. The molecule has 1 aliphatic carbocycles. The fourth-order valence-corrected chi connectivity index (χ4v) is 3.84. The molecule has 2 rings (SSSR count). The van der Waals surface area contributed by atoms with Gasteiger partial charge in [-0.3, -0.25) is 0 Å². The van der Waals surface area contributed by atoms with Crippen LogP contribution in [0.2, 0.25) is 0 Å². The van der Waals surface area contributed by atoms with Crippen molar-refractivity contribution in [3.8, 4) is 0 Å². The highest BCUT2D eigenvalue weighted by molar-refractivity contribution is 5.68. The van der Waals surface area contributed by atoms with Crippen molar-refractivity contribution in [3.63, 3.8) is 0 Å². The minimum atomic E-state index is -0.438. The zero-order chi connectivity index (χ0) is 17.0. The second kappa shape index (κ2) is 7.84. The highest BCUT2D eigenvalue weighted by atomic mass is 16.6. The molecule has 2 N–H and O–H groups in total. The Morgan fingerprint density at radius 2 is 2.04 bits per heavy atom. The molecule has 0 bridgehead atoms.